The Kier molecular flexibility index (Phi) is 5.06. The van der Waals surface area contributed by atoms with Gasteiger partial charge in [0, 0.05) is 6.20 Å². The second-order valence-corrected chi connectivity index (χ2v) is 3.58. The van der Waals surface area contributed by atoms with E-state index < -0.39 is 24.4 Å². The summed E-state index contributed by atoms with van der Waals surface area (Å²) in [6.45, 7) is -0.812. The minimum Gasteiger partial charge on any atom is -0.452 e. The molecule has 0 aliphatic rings. The standard InChI is InChI=1S/C10H10ClN3O4/c11-7-2-1-6(3-13-7)10(17)18-5-9(16)14-4-8(12)15/h1-3H,4-5H2,(H2,12,15)(H,14,16). The largest absolute Gasteiger partial charge is 0.452 e. The minimum absolute atomic E-state index is 0.169. The second-order valence-electron chi connectivity index (χ2n) is 3.19. The zero-order valence-electron chi connectivity index (χ0n) is 9.18. The average molecular weight is 272 g/mol. The van der Waals surface area contributed by atoms with E-state index in [4.69, 9.17) is 17.3 Å². The van der Waals surface area contributed by atoms with E-state index in [0.29, 0.717) is 0 Å². The Morgan fingerprint density at radius 3 is 2.67 bits per heavy atom. The molecule has 1 aromatic rings. The van der Waals surface area contributed by atoms with Crippen LogP contribution in [0.1, 0.15) is 10.4 Å². The zero-order valence-corrected chi connectivity index (χ0v) is 9.94. The van der Waals surface area contributed by atoms with Crippen molar-refractivity contribution >= 4 is 29.4 Å². The number of hydrogen-bond acceptors (Lipinski definition) is 5. The van der Waals surface area contributed by atoms with Crippen molar-refractivity contribution in [2.24, 2.45) is 5.73 Å². The summed E-state index contributed by atoms with van der Waals surface area (Å²) in [7, 11) is 0. The van der Waals surface area contributed by atoms with Gasteiger partial charge in [-0.1, -0.05) is 11.6 Å². The molecule has 0 spiro atoms. The molecular formula is C10H10ClN3O4. The van der Waals surface area contributed by atoms with Gasteiger partial charge in [-0.25, -0.2) is 9.78 Å². The number of halogens is 1. The van der Waals surface area contributed by atoms with Gasteiger partial charge in [-0.3, -0.25) is 9.59 Å². The fourth-order valence-electron chi connectivity index (χ4n) is 0.948. The lowest BCUT2D eigenvalue weighted by molar-refractivity contribution is -0.127. The molecule has 1 rings (SSSR count). The van der Waals surface area contributed by atoms with Crippen LogP contribution in [-0.4, -0.2) is 35.9 Å². The van der Waals surface area contributed by atoms with Crippen molar-refractivity contribution in [2.75, 3.05) is 13.2 Å². The van der Waals surface area contributed by atoms with Gasteiger partial charge in [-0.05, 0) is 12.1 Å². The predicted octanol–water partition coefficient (Wildman–Crippen LogP) is -0.507. The zero-order chi connectivity index (χ0) is 13.5. The summed E-state index contributed by atoms with van der Waals surface area (Å²) in [5.74, 6) is -2.02. The number of carbonyl (C=O) groups excluding carboxylic acids is 3. The van der Waals surface area contributed by atoms with Crippen molar-refractivity contribution in [3.63, 3.8) is 0 Å². The van der Waals surface area contributed by atoms with Gasteiger partial charge < -0.3 is 15.8 Å². The Hall–Kier alpha value is -2.15. The van der Waals surface area contributed by atoms with E-state index in [9.17, 15) is 14.4 Å². The average Bonchev–Trinajstić information content (AvgIpc) is 2.34. The number of carbonyl (C=O) groups is 3. The van der Waals surface area contributed by atoms with Crippen LogP contribution in [0.3, 0.4) is 0 Å². The Morgan fingerprint density at radius 2 is 2.11 bits per heavy atom. The lowest BCUT2D eigenvalue weighted by Gasteiger charge is -2.04. The van der Waals surface area contributed by atoms with Gasteiger partial charge in [-0.2, -0.15) is 0 Å². The van der Waals surface area contributed by atoms with Gasteiger partial charge >= 0.3 is 5.97 Å². The Bertz CT molecular complexity index is 461. The number of nitrogens with one attached hydrogen (secondary N) is 1. The van der Waals surface area contributed by atoms with Gasteiger partial charge in [-0.15, -0.1) is 0 Å². The summed E-state index contributed by atoms with van der Waals surface area (Å²) in [6, 6.07) is 2.84. The first-order chi connectivity index (χ1) is 8.49. The highest BCUT2D eigenvalue weighted by molar-refractivity contribution is 6.29. The molecule has 0 aromatic carbocycles. The van der Waals surface area contributed by atoms with Crippen molar-refractivity contribution in [3.05, 3.63) is 29.0 Å². The van der Waals surface area contributed by atoms with Crippen LogP contribution in [0.2, 0.25) is 5.15 Å². The highest BCUT2D eigenvalue weighted by atomic mass is 35.5. The molecule has 0 aliphatic carbocycles. The maximum atomic E-state index is 11.4. The van der Waals surface area contributed by atoms with Crippen LogP contribution in [0.4, 0.5) is 0 Å². The number of esters is 1. The number of rotatable bonds is 5. The molecule has 96 valence electrons. The molecule has 0 saturated heterocycles. The fourth-order valence-corrected chi connectivity index (χ4v) is 1.06. The molecule has 0 unspecified atom stereocenters. The van der Waals surface area contributed by atoms with Crippen LogP contribution in [-0.2, 0) is 14.3 Å². The van der Waals surface area contributed by atoms with E-state index in [1.54, 1.807) is 0 Å². The molecule has 0 saturated carbocycles. The lowest BCUT2D eigenvalue weighted by atomic mass is 10.3. The van der Waals surface area contributed by atoms with Crippen LogP contribution < -0.4 is 11.1 Å². The molecule has 0 radical (unpaired) electrons. The van der Waals surface area contributed by atoms with Crippen LogP contribution in [0.25, 0.3) is 0 Å². The van der Waals surface area contributed by atoms with E-state index >= 15 is 0 Å². The van der Waals surface area contributed by atoms with Crippen LogP contribution in [0, 0.1) is 0 Å². The highest BCUT2D eigenvalue weighted by Crippen LogP contribution is 2.06. The number of hydrogen-bond donors (Lipinski definition) is 2. The third kappa shape index (κ3) is 4.79. The first-order valence-corrected chi connectivity index (χ1v) is 5.20. The van der Waals surface area contributed by atoms with E-state index in [0.717, 1.165) is 0 Å². The number of nitrogens with two attached hydrogens (primary N) is 1. The SMILES string of the molecule is NC(=O)CNC(=O)COC(=O)c1ccc(Cl)nc1. The second kappa shape index (κ2) is 6.55. The van der Waals surface area contributed by atoms with Crippen molar-refractivity contribution < 1.29 is 19.1 Å². The monoisotopic (exact) mass is 271 g/mol. The summed E-state index contributed by atoms with van der Waals surface area (Å²) < 4.78 is 4.68. The summed E-state index contributed by atoms with van der Waals surface area (Å²) in [6.07, 6.45) is 1.23. The summed E-state index contributed by atoms with van der Waals surface area (Å²) in [5.41, 5.74) is 4.99. The molecule has 0 fully saturated rings. The number of pyridine rings is 1. The first kappa shape index (κ1) is 13.9. The summed E-state index contributed by atoms with van der Waals surface area (Å²) in [4.78, 5) is 36.6. The van der Waals surface area contributed by atoms with Crippen molar-refractivity contribution in [1.29, 1.82) is 0 Å². The Morgan fingerprint density at radius 1 is 1.39 bits per heavy atom. The maximum absolute atomic E-state index is 11.4. The molecule has 18 heavy (non-hydrogen) atoms. The van der Waals surface area contributed by atoms with E-state index in [1.807, 2.05) is 0 Å². The van der Waals surface area contributed by atoms with E-state index in [-0.39, 0.29) is 17.3 Å². The molecule has 8 heteroatoms. The van der Waals surface area contributed by atoms with Crippen molar-refractivity contribution in [1.82, 2.24) is 10.3 Å². The Labute approximate surface area is 107 Å². The number of ether oxygens (including phenoxy) is 1. The maximum Gasteiger partial charge on any atom is 0.340 e. The van der Waals surface area contributed by atoms with Crippen LogP contribution in [0.15, 0.2) is 18.3 Å². The van der Waals surface area contributed by atoms with Crippen molar-refractivity contribution in [3.8, 4) is 0 Å². The fraction of sp³-hybridized carbons (Fsp3) is 0.200. The van der Waals surface area contributed by atoms with Crippen molar-refractivity contribution in [2.45, 2.75) is 0 Å². The third-order valence-electron chi connectivity index (χ3n) is 1.76. The van der Waals surface area contributed by atoms with Gasteiger partial charge in [0.05, 0.1) is 12.1 Å². The predicted molar refractivity (Wildman–Crippen MR) is 61.7 cm³/mol. The summed E-state index contributed by atoms with van der Waals surface area (Å²) >= 11 is 5.54. The lowest BCUT2D eigenvalue weighted by Crippen LogP contribution is -2.35. The molecule has 3 N–H and O–H groups in total. The Balaban J connectivity index is 2.39. The smallest absolute Gasteiger partial charge is 0.340 e. The molecule has 0 aliphatic heterocycles. The number of nitrogens with zero attached hydrogens (tertiary/aromatic N) is 1. The normalized spacial score (nSPS) is 9.61. The summed E-state index contributed by atoms with van der Waals surface area (Å²) in [5, 5.41) is 2.41. The quantitative estimate of drug-likeness (QED) is 0.553. The van der Waals surface area contributed by atoms with Gasteiger partial charge in [0.25, 0.3) is 5.91 Å². The van der Waals surface area contributed by atoms with Gasteiger partial charge in [0.2, 0.25) is 5.91 Å². The number of primary amides is 1. The first-order valence-electron chi connectivity index (χ1n) is 4.82. The third-order valence-corrected chi connectivity index (χ3v) is 1.98. The van der Waals surface area contributed by atoms with Gasteiger partial charge in [0.1, 0.15) is 5.15 Å². The molecule has 0 bridgehead atoms. The number of aromatic nitrogens is 1. The molecule has 1 aromatic heterocycles. The number of amides is 2. The van der Waals surface area contributed by atoms with Crippen LogP contribution in [0.5, 0.6) is 0 Å². The minimum atomic E-state index is -0.714. The van der Waals surface area contributed by atoms with Gasteiger partial charge in [0.15, 0.2) is 6.61 Å². The molecule has 1 heterocycles. The van der Waals surface area contributed by atoms with Crippen LogP contribution >= 0.6 is 11.6 Å². The molecule has 0 atom stereocenters. The molecule has 2 amide bonds. The molecular weight excluding hydrogens is 262 g/mol. The topological polar surface area (TPSA) is 111 Å². The van der Waals surface area contributed by atoms with E-state index in [1.165, 1.54) is 18.3 Å². The molecule has 7 nitrogen and oxygen atoms in total. The highest BCUT2D eigenvalue weighted by Gasteiger charge is 2.10. The van der Waals surface area contributed by atoms with E-state index in [2.05, 4.69) is 15.0 Å².